The van der Waals surface area contributed by atoms with Gasteiger partial charge < -0.3 is 0 Å². The average molecular weight is 429 g/mol. The molecule has 0 saturated heterocycles. The van der Waals surface area contributed by atoms with Crippen molar-refractivity contribution in [1.82, 2.24) is 0 Å². The zero-order valence-corrected chi connectivity index (χ0v) is 17.7. The molecular formula is C11H8S9. The summed E-state index contributed by atoms with van der Waals surface area (Å²) in [6.07, 6.45) is 4.30. The molecule has 0 saturated carbocycles. The van der Waals surface area contributed by atoms with Gasteiger partial charge in [-0.15, -0.1) is 46.2 Å². The highest BCUT2D eigenvalue weighted by molar-refractivity contribution is 8.45. The van der Waals surface area contributed by atoms with E-state index in [0.29, 0.717) is 0 Å². The first-order valence-electron chi connectivity index (χ1n) is 5.27. The smallest absolute Gasteiger partial charge is 0.110 e. The largest absolute Gasteiger partial charge is 0.121 e. The van der Waals surface area contributed by atoms with Crippen LogP contribution in [0.2, 0.25) is 0 Å². The molecule has 0 atom stereocenters. The lowest BCUT2D eigenvalue weighted by Crippen LogP contribution is -1.95. The Morgan fingerprint density at radius 3 is 2.05 bits per heavy atom. The molecule has 0 nitrogen and oxygen atoms in total. The highest BCUT2D eigenvalue weighted by Gasteiger charge is 2.21. The molecular weight excluding hydrogens is 421 g/mol. The van der Waals surface area contributed by atoms with Gasteiger partial charge in [-0.05, 0) is 23.3 Å². The van der Waals surface area contributed by atoms with E-state index in [1.807, 2.05) is 58.4 Å². The van der Waals surface area contributed by atoms with Crippen molar-refractivity contribution in [2.75, 3.05) is 12.5 Å². The molecule has 3 heterocycles. The van der Waals surface area contributed by atoms with Crippen LogP contribution in [-0.4, -0.2) is 12.5 Å². The summed E-state index contributed by atoms with van der Waals surface area (Å²) in [4.78, 5) is 0. The van der Waals surface area contributed by atoms with Crippen molar-refractivity contribution < 1.29 is 0 Å². The summed E-state index contributed by atoms with van der Waals surface area (Å²) in [6, 6.07) is 0. The Morgan fingerprint density at radius 1 is 0.900 bits per heavy atom. The minimum absolute atomic E-state index is 1.03. The number of hydrogen-bond acceptors (Lipinski definition) is 9. The normalized spacial score (nSPS) is 18.7. The average Bonchev–Trinajstić information content (AvgIpc) is 3.16. The summed E-state index contributed by atoms with van der Waals surface area (Å²) in [5.74, 6) is 0. The summed E-state index contributed by atoms with van der Waals surface area (Å²) in [5.41, 5.74) is 0. The van der Waals surface area contributed by atoms with Gasteiger partial charge in [-0.25, -0.2) is 0 Å². The van der Waals surface area contributed by atoms with E-state index in [9.17, 15) is 0 Å². The van der Waals surface area contributed by atoms with E-state index in [0.717, 1.165) is 3.82 Å². The van der Waals surface area contributed by atoms with Crippen LogP contribution in [0.15, 0.2) is 19.3 Å². The second kappa shape index (κ2) is 7.44. The number of hydrogen-bond donors (Lipinski definition) is 0. The maximum absolute atomic E-state index is 5.56. The molecule has 2 aliphatic heterocycles. The van der Waals surface area contributed by atoms with Crippen molar-refractivity contribution in [3.63, 3.8) is 0 Å². The Morgan fingerprint density at radius 2 is 1.50 bits per heavy atom. The molecule has 106 valence electrons. The number of thioether (sulfide) groups is 6. The lowest BCUT2D eigenvalue weighted by atomic mass is 10.9. The predicted molar refractivity (Wildman–Crippen MR) is 113 cm³/mol. The van der Waals surface area contributed by atoms with Crippen LogP contribution in [0.1, 0.15) is 0 Å². The zero-order chi connectivity index (χ0) is 14.1. The van der Waals surface area contributed by atoms with Gasteiger partial charge in [0.1, 0.15) is 7.67 Å². The maximum Gasteiger partial charge on any atom is 0.110 e. The van der Waals surface area contributed by atoms with Crippen molar-refractivity contribution in [2.45, 2.75) is 0 Å². The van der Waals surface area contributed by atoms with Crippen LogP contribution < -0.4 is 8.38 Å². The van der Waals surface area contributed by atoms with Gasteiger partial charge in [-0.1, -0.05) is 59.3 Å². The molecule has 0 unspecified atom stereocenters. The van der Waals surface area contributed by atoms with Crippen LogP contribution in [-0.2, 0) is 0 Å². The first kappa shape index (κ1) is 16.4. The fraction of sp³-hybridized carbons (Fsp3) is 0.182. The minimum Gasteiger partial charge on any atom is -0.121 e. The molecule has 0 N–H and O–H groups in total. The molecule has 0 radical (unpaired) electrons. The van der Waals surface area contributed by atoms with Gasteiger partial charge in [-0.2, -0.15) is 0 Å². The molecule has 0 fully saturated rings. The maximum atomic E-state index is 5.56. The standard InChI is InChI=1S/C11H8S9/c1-13-8-9(14-2)20-11(19-8)10-17-5(6(12)18-10)7-15-3-4-16-7/h3-4H,1-2H3. The van der Waals surface area contributed by atoms with E-state index >= 15 is 0 Å². The molecule has 0 bridgehead atoms. The Hall–Kier alpha value is 1.59. The van der Waals surface area contributed by atoms with E-state index in [1.165, 1.54) is 25.3 Å². The highest BCUT2D eigenvalue weighted by atomic mass is 32.3. The highest BCUT2D eigenvalue weighted by Crippen LogP contribution is 2.56. The SMILES string of the molecule is CSC1=C(SC)SC(=c2sc(=S)c(=C3SC=CS3)s2)S1. The number of rotatable bonds is 2. The van der Waals surface area contributed by atoms with Crippen molar-refractivity contribution in [2.24, 2.45) is 0 Å². The second-order valence-corrected chi connectivity index (χ2v) is 12.9. The lowest BCUT2D eigenvalue weighted by Gasteiger charge is -1.94. The van der Waals surface area contributed by atoms with Gasteiger partial charge in [0, 0.05) is 0 Å². The van der Waals surface area contributed by atoms with Crippen LogP contribution >= 0.6 is 105 Å². The predicted octanol–water partition coefficient (Wildman–Crippen LogP) is 5.95. The van der Waals surface area contributed by atoms with E-state index < -0.39 is 0 Å². The first-order chi connectivity index (χ1) is 9.72. The topological polar surface area (TPSA) is 0 Å². The Kier molecular flexibility index (Phi) is 6.12. The summed E-state index contributed by atoms with van der Waals surface area (Å²) in [7, 11) is 0. The Labute approximate surface area is 156 Å². The quantitative estimate of drug-likeness (QED) is 0.527. The third kappa shape index (κ3) is 3.41. The molecule has 0 spiro atoms. The molecule has 0 aromatic carbocycles. The molecule has 0 aliphatic carbocycles. The minimum atomic E-state index is 1.03. The molecule has 9 heteroatoms. The molecule has 0 amide bonds. The Balaban J connectivity index is 2.06. The summed E-state index contributed by atoms with van der Waals surface area (Å²) >= 11 is 20.2. The monoisotopic (exact) mass is 428 g/mol. The van der Waals surface area contributed by atoms with Gasteiger partial charge in [0.25, 0.3) is 0 Å². The van der Waals surface area contributed by atoms with Crippen LogP contribution in [0, 0.1) is 3.82 Å². The van der Waals surface area contributed by atoms with Crippen LogP contribution in [0.4, 0.5) is 0 Å². The van der Waals surface area contributed by atoms with Gasteiger partial charge >= 0.3 is 0 Å². The molecule has 1 aromatic heterocycles. The lowest BCUT2D eigenvalue weighted by molar-refractivity contribution is 2.04. The van der Waals surface area contributed by atoms with Crippen molar-refractivity contribution in [3.05, 3.63) is 31.5 Å². The van der Waals surface area contributed by atoms with Crippen LogP contribution in [0.5, 0.6) is 0 Å². The van der Waals surface area contributed by atoms with Crippen molar-refractivity contribution in [3.8, 4) is 0 Å². The van der Waals surface area contributed by atoms with Crippen molar-refractivity contribution in [1.29, 1.82) is 0 Å². The second-order valence-electron chi connectivity index (χ2n) is 3.38. The fourth-order valence-corrected chi connectivity index (χ4v) is 12.0. The summed E-state index contributed by atoms with van der Waals surface area (Å²) in [6.45, 7) is 0. The van der Waals surface area contributed by atoms with E-state index in [4.69, 9.17) is 12.2 Å². The first-order valence-corrected chi connectivity index (χ1v) is 13.2. The summed E-state index contributed by atoms with van der Waals surface area (Å²) in [5, 5.41) is 4.26. The Bertz CT molecular complexity index is 733. The van der Waals surface area contributed by atoms with E-state index in [-0.39, 0.29) is 0 Å². The van der Waals surface area contributed by atoms with Gasteiger partial charge in [0.2, 0.25) is 0 Å². The summed E-state index contributed by atoms with van der Waals surface area (Å²) < 4.78 is 9.23. The molecule has 20 heavy (non-hydrogen) atoms. The van der Waals surface area contributed by atoms with E-state index in [2.05, 4.69) is 23.3 Å². The molecule has 3 rings (SSSR count). The van der Waals surface area contributed by atoms with E-state index in [1.54, 1.807) is 34.9 Å². The van der Waals surface area contributed by atoms with Gasteiger partial charge in [0.15, 0.2) is 0 Å². The zero-order valence-electron chi connectivity index (χ0n) is 10.3. The van der Waals surface area contributed by atoms with Gasteiger partial charge in [0.05, 0.1) is 21.5 Å². The third-order valence-corrected chi connectivity index (χ3v) is 13.4. The fourth-order valence-electron chi connectivity index (χ4n) is 1.41. The van der Waals surface area contributed by atoms with Gasteiger partial charge in [-0.3, -0.25) is 0 Å². The third-order valence-electron chi connectivity index (χ3n) is 2.23. The molecule has 1 aromatic rings. The van der Waals surface area contributed by atoms with Crippen LogP contribution in [0.25, 0.3) is 8.47 Å². The molecule has 2 aliphatic rings. The van der Waals surface area contributed by atoms with Crippen molar-refractivity contribution >= 4 is 114 Å². The van der Waals surface area contributed by atoms with Crippen LogP contribution in [0.3, 0.4) is 0 Å².